The van der Waals surface area contributed by atoms with Gasteiger partial charge in [-0.1, -0.05) is 6.07 Å². The van der Waals surface area contributed by atoms with E-state index in [0.717, 1.165) is 45.8 Å². The Hall–Kier alpha value is -1.98. The molecule has 25 heavy (non-hydrogen) atoms. The summed E-state index contributed by atoms with van der Waals surface area (Å²) in [5.74, 6) is 1.54. The number of aromatic nitrogens is 1. The summed E-state index contributed by atoms with van der Waals surface area (Å²) in [6.07, 6.45) is 0. The molecule has 0 atom stereocenters. The number of thioether (sulfide) groups is 1. The van der Waals surface area contributed by atoms with Crippen LogP contribution in [0.1, 0.15) is 11.1 Å². The lowest BCUT2D eigenvalue weighted by Gasteiger charge is -2.22. The zero-order chi connectivity index (χ0) is 17.6. The number of nitrogens with one attached hydrogen (secondary N) is 1. The van der Waals surface area contributed by atoms with E-state index in [1.54, 1.807) is 17.8 Å². The van der Waals surface area contributed by atoms with Gasteiger partial charge in [-0.05, 0) is 56.4 Å². The highest BCUT2D eigenvalue weighted by atomic mass is 32.2. The van der Waals surface area contributed by atoms with Gasteiger partial charge < -0.3 is 14.6 Å². The van der Waals surface area contributed by atoms with Crippen LogP contribution < -0.4 is 4.74 Å². The average molecular weight is 356 g/mol. The minimum atomic E-state index is -0.197. The van der Waals surface area contributed by atoms with E-state index in [1.165, 1.54) is 16.5 Å². The van der Waals surface area contributed by atoms with E-state index in [1.807, 2.05) is 26.2 Å². The van der Waals surface area contributed by atoms with Gasteiger partial charge in [-0.2, -0.15) is 0 Å². The number of rotatable bonds is 4. The molecular formula is C20H21FN2OS. The fourth-order valence-corrected chi connectivity index (χ4v) is 4.51. The van der Waals surface area contributed by atoms with Crippen LogP contribution in [0.5, 0.6) is 5.75 Å². The standard InChI is InChI=1S/C20H21FN2OS/c1-12-4-7-17(24-9-8-23(2)3)18-19-15(11-25-20(12)18)14-10-13(21)5-6-16(14)22-19/h4-7,10,22H,8-9,11H2,1-3H3. The van der Waals surface area contributed by atoms with Gasteiger partial charge in [0.05, 0.1) is 11.3 Å². The normalized spacial score (nSPS) is 13.2. The molecule has 2 heterocycles. The molecule has 0 fully saturated rings. The topological polar surface area (TPSA) is 28.3 Å². The van der Waals surface area contributed by atoms with Crippen LogP contribution in [0.25, 0.3) is 22.2 Å². The van der Waals surface area contributed by atoms with Gasteiger partial charge in [0.2, 0.25) is 0 Å². The van der Waals surface area contributed by atoms with Crippen molar-refractivity contribution in [1.29, 1.82) is 0 Å². The molecule has 0 amide bonds. The third-order valence-corrected chi connectivity index (χ3v) is 5.84. The molecule has 3 aromatic rings. The summed E-state index contributed by atoms with van der Waals surface area (Å²) >= 11 is 1.80. The quantitative estimate of drug-likeness (QED) is 0.726. The van der Waals surface area contributed by atoms with Crippen molar-refractivity contribution in [2.24, 2.45) is 0 Å². The summed E-state index contributed by atoms with van der Waals surface area (Å²) in [4.78, 5) is 6.85. The highest BCUT2D eigenvalue weighted by molar-refractivity contribution is 7.98. The van der Waals surface area contributed by atoms with Gasteiger partial charge in [0, 0.05) is 28.1 Å². The maximum absolute atomic E-state index is 13.7. The molecule has 0 saturated carbocycles. The second-order valence-corrected chi connectivity index (χ2v) is 7.68. The molecule has 0 aliphatic carbocycles. The predicted molar refractivity (Wildman–Crippen MR) is 102 cm³/mol. The molecule has 0 bridgehead atoms. The summed E-state index contributed by atoms with van der Waals surface area (Å²) in [7, 11) is 4.07. The molecule has 0 unspecified atom stereocenters. The summed E-state index contributed by atoms with van der Waals surface area (Å²) in [6.45, 7) is 3.63. The molecule has 1 N–H and O–H groups in total. The minimum absolute atomic E-state index is 0.197. The molecule has 4 rings (SSSR count). The Balaban J connectivity index is 1.84. The lowest BCUT2D eigenvalue weighted by molar-refractivity contribution is 0.261. The van der Waals surface area contributed by atoms with Crippen LogP contribution in [0, 0.1) is 12.7 Å². The first-order valence-corrected chi connectivity index (χ1v) is 9.37. The number of fused-ring (bicyclic) bond motifs is 5. The lowest BCUT2D eigenvalue weighted by atomic mass is 10.0. The van der Waals surface area contributed by atoms with Crippen molar-refractivity contribution in [1.82, 2.24) is 9.88 Å². The molecule has 3 nitrogen and oxygen atoms in total. The third kappa shape index (κ3) is 2.92. The van der Waals surface area contributed by atoms with Crippen LogP contribution in [-0.4, -0.2) is 37.1 Å². The highest BCUT2D eigenvalue weighted by Crippen LogP contribution is 2.49. The van der Waals surface area contributed by atoms with Crippen LogP contribution in [0.15, 0.2) is 35.2 Å². The van der Waals surface area contributed by atoms with E-state index in [4.69, 9.17) is 4.74 Å². The van der Waals surface area contributed by atoms with Crippen molar-refractivity contribution in [2.45, 2.75) is 17.6 Å². The molecule has 1 aliphatic heterocycles. The number of aromatic amines is 1. The molecule has 2 aromatic carbocycles. The Morgan fingerprint density at radius 3 is 2.88 bits per heavy atom. The van der Waals surface area contributed by atoms with E-state index in [0.29, 0.717) is 6.61 Å². The molecule has 0 spiro atoms. The molecule has 5 heteroatoms. The number of nitrogens with zero attached hydrogens (tertiary/aromatic N) is 1. The number of ether oxygens (including phenoxy) is 1. The van der Waals surface area contributed by atoms with Crippen LogP contribution >= 0.6 is 11.8 Å². The minimum Gasteiger partial charge on any atom is -0.492 e. The number of hydrogen-bond acceptors (Lipinski definition) is 3. The Kier molecular flexibility index (Phi) is 4.21. The number of likely N-dealkylation sites (N-methyl/N-ethyl adjacent to an activating group) is 1. The zero-order valence-corrected chi connectivity index (χ0v) is 15.5. The second kappa shape index (κ2) is 6.39. The maximum Gasteiger partial charge on any atom is 0.129 e. The number of H-pyrrole nitrogens is 1. The molecule has 1 aromatic heterocycles. The summed E-state index contributed by atoms with van der Waals surface area (Å²) in [6, 6.07) is 9.10. The second-order valence-electron chi connectivity index (χ2n) is 6.69. The third-order valence-electron chi connectivity index (χ3n) is 4.59. The van der Waals surface area contributed by atoms with Crippen molar-refractivity contribution in [3.8, 4) is 17.0 Å². The van der Waals surface area contributed by atoms with Crippen molar-refractivity contribution in [3.05, 3.63) is 47.3 Å². The van der Waals surface area contributed by atoms with E-state index in [9.17, 15) is 4.39 Å². The van der Waals surface area contributed by atoms with Crippen LogP contribution in [0.2, 0.25) is 0 Å². The fourth-order valence-electron chi connectivity index (χ4n) is 3.28. The van der Waals surface area contributed by atoms with Gasteiger partial charge in [0.1, 0.15) is 18.2 Å². The van der Waals surface area contributed by atoms with Crippen molar-refractivity contribution < 1.29 is 9.13 Å². The van der Waals surface area contributed by atoms with E-state index < -0.39 is 0 Å². The monoisotopic (exact) mass is 356 g/mol. The number of halogens is 1. The van der Waals surface area contributed by atoms with Gasteiger partial charge in [0.25, 0.3) is 0 Å². The molecular weight excluding hydrogens is 335 g/mol. The number of hydrogen-bond donors (Lipinski definition) is 1. The van der Waals surface area contributed by atoms with E-state index in [-0.39, 0.29) is 5.82 Å². The van der Waals surface area contributed by atoms with E-state index >= 15 is 0 Å². The predicted octanol–water partition coefficient (Wildman–Crippen LogP) is 4.83. The van der Waals surface area contributed by atoms with Gasteiger partial charge in [-0.3, -0.25) is 0 Å². The first-order valence-electron chi connectivity index (χ1n) is 8.39. The Morgan fingerprint density at radius 1 is 1.24 bits per heavy atom. The Morgan fingerprint density at radius 2 is 2.08 bits per heavy atom. The van der Waals surface area contributed by atoms with Crippen LogP contribution in [-0.2, 0) is 5.75 Å². The zero-order valence-electron chi connectivity index (χ0n) is 14.6. The highest BCUT2D eigenvalue weighted by Gasteiger charge is 2.26. The van der Waals surface area contributed by atoms with E-state index in [2.05, 4.69) is 22.9 Å². The number of aryl methyl sites for hydroxylation is 1. The fraction of sp³-hybridized carbons (Fsp3) is 0.300. The molecule has 0 saturated heterocycles. The molecule has 0 radical (unpaired) electrons. The Bertz CT molecular complexity index is 949. The Labute approximate surface area is 151 Å². The van der Waals surface area contributed by atoms with Gasteiger partial charge >= 0.3 is 0 Å². The van der Waals surface area contributed by atoms with Gasteiger partial charge in [-0.25, -0.2) is 4.39 Å². The summed E-state index contributed by atoms with van der Waals surface area (Å²) in [5.41, 5.74) is 5.56. The van der Waals surface area contributed by atoms with Crippen molar-refractivity contribution in [2.75, 3.05) is 27.2 Å². The first kappa shape index (κ1) is 16.5. The van der Waals surface area contributed by atoms with Gasteiger partial charge in [0.15, 0.2) is 0 Å². The van der Waals surface area contributed by atoms with Gasteiger partial charge in [-0.15, -0.1) is 11.8 Å². The van der Waals surface area contributed by atoms with Crippen LogP contribution in [0.3, 0.4) is 0 Å². The average Bonchev–Trinajstić information content (AvgIpc) is 2.94. The largest absolute Gasteiger partial charge is 0.492 e. The number of benzene rings is 2. The first-order chi connectivity index (χ1) is 12.0. The smallest absolute Gasteiger partial charge is 0.129 e. The lowest BCUT2D eigenvalue weighted by Crippen LogP contribution is -2.19. The maximum atomic E-state index is 13.7. The summed E-state index contributed by atoms with van der Waals surface area (Å²) < 4.78 is 19.8. The summed E-state index contributed by atoms with van der Waals surface area (Å²) in [5, 5.41) is 0.967. The molecule has 130 valence electrons. The SMILES string of the molecule is Cc1ccc(OCCN(C)C)c2c1SCc1c-2[nH]c2ccc(F)cc12. The van der Waals surface area contributed by atoms with Crippen LogP contribution in [0.4, 0.5) is 4.39 Å². The van der Waals surface area contributed by atoms with Crippen molar-refractivity contribution >= 4 is 22.7 Å². The van der Waals surface area contributed by atoms with Crippen molar-refractivity contribution in [3.63, 3.8) is 0 Å². The molecule has 1 aliphatic rings.